The van der Waals surface area contributed by atoms with E-state index in [4.69, 9.17) is 4.74 Å². The second-order valence-electron chi connectivity index (χ2n) is 4.68. The van der Waals surface area contributed by atoms with Gasteiger partial charge in [0.25, 0.3) is 0 Å². The molecule has 0 aromatic rings. The van der Waals surface area contributed by atoms with Gasteiger partial charge >= 0.3 is 5.97 Å². The number of ether oxygens (including phenoxy) is 1. The van der Waals surface area contributed by atoms with Gasteiger partial charge in [0, 0.05) is 30.9 Å². The van der Waals surface area contributed by atoms with Gasteiger partial charge in [0.15, 0.2) is 6.21 Å². The summed E-state index contributed by atoms with van der Waals surface area (Å²) >= 11 is 0. The van der Waals surface area contributed by atoms with Crippen molar-refractivity contribution >= 4 is 12.2 Å². The van der Waals surface area contributed by atoms with Crippen molar-refractivity contribution in [3.8, 4) is 0 Å². The van der Waals surface area contributed by atoms with Crippen LogP contribution in [0.1, 0.15) is 19.3 Å². The number of hydrogen-bond acceptors (Lipinski definition) is 4. The highest BCUT2D eigenvalue weighted by Gasteiger charge is 2.56. The van der Waals surface area contributed by atoms with Gasteiger partial charge in [-0.2, -0.15) is 0 Å². The topological polar surface area (TPSA) is 72.6 Å². The van der Waals surface area contributed by atoms with Crippen molar-refractivity contribution in [2.24, 2.45) is 0 Å². The van der Waals surface area contributed by atoms with Crippen LogP contribution in [0.2, 0.25) is 0 Å². The molecule has 1 N–H and O–H groups in total. The Morgan fingerprint density at radius 3 is 3.12 bits per heavy atom. The molecule has 0 saturated heterocycles. The summed E-state index contributed by atoms with van der Waals surface area (Å²) in [5, 5.41) is 21.5. The summed E-state index contributed by atoms with van der Waals surface area (Å²) in [5.41, 5.74) is -0.256. The van der Waals surface area contributed by atoms with Crippen molar-refractivity contribution in [1.82, 2.24) is 0 Å². The van der Waals surface area contributed by atoms with E-state index in [0.717, 1.165) is 4.74 Å². The molecule has 5 nitrogen and oxygen atoms in total. The van der Waals surface area contributed by atoms with Crippen LogP contribution in [0.4, 0.5) is 0 Å². The first-order valence-corrected chi connectivity index (χ1v) is 5.72. The van der Waals surface area contributed by atoms with Crippen LogP contribution in [0.15, 0.2) is 23.8 Å². The average Bonchev–Trinajstić information content (AvgIpc) is 2.81. The van der Waals surface area contributed by atoms with Gasteiger partial charge in [-0.15, -0.1) is 0 Å². The number of nitrogens with zero attached hydrogens (tertiary/aromatic N) is 1. The lowest BCUT2D eigenvalue weighted by atomic mass is 9.77. The first-order chi connectivity index (χ1) is 8.12. The molecule has 0 aromatic heterocycles. The van der Waals surface area contributed by atoms with Crippen molar-refractivity contribution in [2.75, 3.05) is 0 Å². The van der Waals surface area contributed by atoms with E-state index in [1.165, 1.54) is 6.08 Å². The summed E-state index contributed by atoms with van der Waals surface area (Å²) in [7, 11) is 0. The van der Waals surface area contributed by atoms with Crippen molar-refractivity contribution in [3.05, 3.63) is 29.0 Å². The molecule has 0 radical (unpaired) electrons. The molecule has 2 aliphatic heterocycles. The third-order valence-electron chi connectivity index (χ3n) is 3.65. The number of rotatable bonds is 1. The molecule has 17 heavy (non-hydrogen) atoms. The molecule has 3 atom stereocenters. The molecule has 2 heterocycles. The van der Waals surface area contributed by atoms with Gasteiger partial charge < -0.3 is 15.1 Å². The first-order valence-electron chi connectivity index (χ1n) is 5.72. The van der Waals surface area contributed by atoms with Crippen LogP contribution in [0.25, 0.3) is 0 Å². The minimum Gasteiger partial charge on any atom is -0.624 e. The highest BCUT2D eigenvalue weighted by molar-refractivity contribution is 5.88. The Morgan fingerprint density at radius 1 is 1.59 bits per heavy atom. The molecule has 3 aliphatic rings. The molecule has 90 valence electrons. The fourth-order valence-corrected chi connectivity index (χ4v) is 2.91. The summed E-state index contributed by atoms with van der Waals surface area (Å²) in [6, 6.07) is -0.417. The van der Waals surface area contributed by atoms with E-state index in [-0.39, 0.29) is 6.42 Å². The maximum atomic E-state index is 11.8. The van der Waals surface area contributed by atoms with Gasteiger partial charge in [-0.05, 0) is 0 Å². The maximum Gasteiger partial charge on any atom is 0.332 e. The van der Waals surface area contributed by atoms with Crippen molar-refractivity contribution in [3.63, 3.8) is 0 Å². The summed E-state index contributed by atoms with van der Waals surface area (Å²) in [6.07, 6.45) is 7.20. The first kappa shape index (κ1) is 10.5. The molecule has 5 heteroatoms. The fourth-order valence-electron chi connectivity index (χ4n) is 2.91. The highest BCUT2D eigenvalue weighted by Crippen LogP contribution is 2.43. The van der Waals surface area contributed by atoms with Gasteiger partial charge in [0.1, 0.15) is 0 Å². The van der Waals surface area contributed by atoms with E-state index in [1.807, 2.05) is 0 Å². The van der Waals surface area contributed by atoms with Gasteiger partial charge in [0.2, 0.25) is 11.6 Å². The van der Waals surface area contributed by atoms with Crippen LogP contribution >= 0.6 is 0 Å². The highest BCUT2D eigenvalue weighted by atomic mass is 16.6. The third kappa shape index (κ3) is 1.42. The van der Waals surface area contributed by atoms with Crippen LogP contribution < -0.4 is 0 Å². The molecule has 0 fully saturated rings. The van der Waals surface area contributed by atoms with Gasteiger partial charge in [-0.3, -0.25) is 0 Å². The number of fused-ring (bicyclic) bond motifs is 1. The van der Waals surface area contributed by atoms with Crippen molar-refractivity contribution < 1.29 is 19.4 Å². The Morgan fingerprint density at radius 2 is 2.41 bits per heavy atom. The molecule has 1 aliphatic carbocycles. The maximum absolute atomic E-state index is 11.8. The molecule has 0 unspecified atom stereocenters. The summed E-state index contributed by atoms with van der Waals surface area (Å²) in [6.45, 7) is 0. The SMILES string of the molecule is O=C1C=C2C=C[C@@H](O)C[C@]2([C@H]2CCC=[N+]2[O-])O1. The number of aliphatic hydroxyl groups excluding tert-OH is 1. The van der Waals surface area contributed by atoms with Crippen LogP contribution in [-0.2, 0) is 9.53 Å². The lowest BCUT2D eigenvalue weighted by Crippen LogP contribution is -2.50. The van der Waals surface area contributed by atoms with Gasteiger partial charge in [-0.25, -0.2) is 9.53 Å². The molecule has 0 saturated carbocycles. The molecule has 3 rings (SSSR count). The van der Waals surface area contributed by atoms with Gasteiger partial charge in [-0.1, -0.05) is 12.2 Å². The second-order valence-corrected chi connectivity index (χ2v) is 4.68. The normalized spacial score (nSPS) is 39.7. The molecule has 0 amide bonds. The Bertz CT molecular complexity index is 465. The quantitative estimate of drug-likeness (QED) is 0.402. The lowest BCUT2D eigenvalue weighted by molar-refractivity contribution is -0.510. The average molecular weight is 235 g/mol. The summed E-state index contributed by atoms with van der Waals surface area (Å²) < 4.78 is 6.23. The number of carbonyl (C=O) groups excluding carboxylic acids is 1. The van der Waals surface area contributed by atoms with E-state index in [0.29, 0.717) is 18.4 Å². The summed E-state index contributed by atoms with van der Waals surface area (Å²) in [4.78, 5) is 11.4. The fraction of sp³-hybridized carbons (Fsp3) is 0.500. The van der Waals surface area contributed by atoms with E-state index in [9.17, 15) is 15.1 Å². The zero-order chi connectivity index (χ0) is 12.0. The zero-order valence-electron chi connectivity index (χ0n) is 9.20. The minimum atomic E-state index is -0.958. The number of esters is 1. The Hall–Kier alpha value is -1.62. The smallest absolute Gasteiger partial charge is 0.332 e. The van der Waals surface area contributed by atoms with Crippen molar-refractivity contribution in [1.29, 1.82) is 0 Å². The number of hydrogen-bond donors (Lipinski definition) is 1. The summed E-state index contributed by atoms with van der Waals surface area (Å²) in [5.74, 6) is -0.431. The lowest BCUT2D eigenvalue weighted by Gasteiger charge is -2.36. The predicted molar refractivity (Wildman–Crippen MR) is 59.4 cm³/mol. The number of carbonyl (C=O) groups is 1. The minimum absolute atomic E-state index is 0.262. The molecular weight excluding hydrogens is 222 g/mol. The second kappa shape index (κ2) is 3.43. The Balaban J connectivity index is 2.04. The largest absolute Gasteiger partial charge is 0.624 e. The monoisotopic (exact) mass is 235 g/mol. The van der Waals surface area contributed by atoms with E-state index in [2.05, 4.69) is 0 Å². The van der Waals surface area contributed by atoms with Gasteiger partial charge in [0.05, 0.1) is 6.10 Å². The predicted octanol–water partition coefficient (Wildman–Crippen LogP) is 0.273. The van der Waals surface area contributed by atoms with Crippen molar-refractivity contribution in [2.45, 2.75) is 37.0 Å². The third-order valence-corrected chi connectivity index (χ3v) is 3.65. The van der Waals surface area contributed by atoms with E-state index < -0.39 is 23.7 Å². The van der Waals surface area contributed by atoms with Crippen LogP contribution in [0, 0.1) is 5.21 Å². The zero-order valence-corrected chi connectivity index (χ0v) is 9.20. The van der Waals surface area contributed by atoms with Crippen LogP contribution in [0.3, 0.4) is 0 Å². The van der Waals surface area contributed by atoms with Crippen LogP contribution in [0.5, 0.6) is 0 Å². The molecule has 0 aromatic carbocycles. The standard InChI is InChI=1S/C12H13NO4/c14-9-4-3-8-6-11(15)17-12(8,7-9)10-2-1-5-13(10)16/h3-6,9-10,14H,1-2,7H2/t9-,10-,12+/m1/s1. The molecular formula is C12H13NO4. The Kier molecular flexibility index (Phi) is 2.13. The van der Waals surface area contributed by atoms with E-state index >= 15 is 0 Å². The van der Waals surface area contributed by atoms with E-state index in [1.54, 1.807) is 18.4 Å². The molecule has 0 spiro atoms. The van der Waals surface area contributed by atoms with Crippen LogP contribution in [-0.4, -0.2) is 39.8 Å². The number of aliphatic hydroxyl groups is 1. The number of hydroxylamine groups is 1. The Labute approximate surface area is 98.3 Å². The molecule has 0 bridgehead atoms.